The first-order valence-electron chi connectivity index (χ1n) is 22.2. The van der Waals surface area contributed by atoms with E-state index in [9.17, 15) is 14.7 Å². The molecule has 0 fully saturated rings. The van der Waals surface area contributed by atoms with Crippen molar-refractivity contribution in [3.8, 4) is 0 Å². The number of carbonyl (C=O) groups is 2. The highest BCUT2D eigenvalue weighted by atomic mass is 28.3. The van der Waals surface area contributed by atoms with Crippen molar-refractivity contribution in [2.45, 2.75) is 125 Å². The van der Waals surface area contributed by atoms with Crippen LogP contribution in [0.15, 0.2) is 85.5 Å². The fourth-order valence-corrected chi connectivity index (χ4v) is 8.74. The summed E-state index contributed by atoms with van der Waals surface area (Å²) in [6, 6.07) is 21.4. The minimum Gasteiger partial charge on any atom is -0.476 e. The van der Waals surface area contributed by atoms with Gasteiger partial charge in [0.2, 0.25) is 0 Å². The Hall–Kier alpha value is -5.80. The third kappa shape index (κ3) is 12.9. The zero-order valence-electron chi connectivity index (χ0n) is 38.2. The molecule has 2 aliphatic rings. The zero-order valence-corrected chi connectivity index (χ0v) is 39.2. The molecule has 0 radical (unpaired) electrons. The monoisotopic (exact) mass is 875 g/mol. The molecule has 1 amide bonds. The number of hydrogen-bond donors (Lipinski definition) is 4. The Morgan fingerprint density at radius 3 is 2.00 bits per heavy atom. The van der Waals surface area contributed by atoms with Gasteiger partial charge >= 0.3 is 5.97 Å². The summed E-state index contributed by atoms with van der Waals surface area (Å²) in [5.41, 5.74) is 14.7. The van der Waals surface area contributed by atoms with E-state index in [-0.39, 0.29) is 17.0 Å². The molecule has 2 aliphatic carbocycles. The number of rotatable bonds is 14. The van der Waals surface area contributed by atoms with Crippen molar-refractivity contribution in [1.29, 1.82) is 0 Å². The van der Waals surface area contributed by atoms with Gasteiger partial charge in [-0.2, -0.15) is 20.4 Å². The van der Waals surface area contributed by atoms with E-state index in [0.717, 1.165) is 93.1 Å². The molecular formula is C48H66N10O4Si. The van der Waals surface area contributed by atoms with Crippen molar-refractivity contribution >= 4 is 31.3 Å². The first-order chi connectivity index (χ1) is 30.1. The molecular weight excluding hydrogens is 809 g/mol. The van der Waals surface area contributed by atoms with Crippen molar-refractivity contribution in [2.24, 2.45) is 10.8 Å². The van der Waals surface area contributed by atoms with Crippen LogP contribution in [0.1, 0.15) is 108 Å². The lowest BCUT2D eigenvalue weighted by Crippen LogP contribution is -2.27. The van der Waals surface area contributed by atoms with Crippen LogP contribution in [0.3, 0.4) is 0 Å². The van der Waals surface area contributed by atoms with Crippen LogP contribution in [0.5, 0.6) is 0 Å². The Bertz CT molecular complexity index is 2420. The van der Waals surface area contributed by atoms with E-state index in [4.69, 9.17) is 10.5 Å². The maximum absolute atomic E-state index is 12.7. The molecule has 63 heavy (non-hydrogen) atoms. The van der Waals surface area contributed by atoms with E-state index < -0.39 is 14.0 Å². The number of nitrogen functional groups attached to an aromatic ring is 1. The van der Waals surface area contributed by atoms with E-state index in [1.807, 2.05) is 58.2 Å². The van der Waals surface area contributed by atoms with Crippen LogP contribution in [-0.4, -0.2) is 71.2 Å². The number of carboxylic acids is 1. The number of nitrogens with two attached hydrogens (primary N) is 1. The molecule has 14 nitrogen and oxygen atoms in total. The van der Waals surface area contributed by atoms with Gasteiger partial charge < -0.3 is 20.9 Å². The second-order valence-corrected chi connectivity index (χ2v) is 24.6. The third-order valence-corrected chi connectivity index (χ3v) is 14.2. The molecule has 2 unspecified atom stereocenters. The number of aromatic nitrogens is 8. The summed E-state index contributed by atoms with van der Waals surface area (Å²) in [6.07, 6.45) is 14.9. The van der Waals surface area contributed by atoms with Gasteiger partial charge in [-0.05, 0) is 66.5 Å². The van der Waals surface area contributed by atoms with Gasteiger partial charge in [-0.3, -0.25) is 19.3 Å². The van der Waals surface area contributed by atoms with Crippen LogP contribution in [-0.2, 0) is 50.2 Å². The van der Waals surface area contributed by atoms with E-state index in [2.05, 4.69) is 102 Å². The summed E-state index contributed by atoms with van der Waals surface area (Å²) >= 11 is 0. The van der Waals surface area contributed by atoms with Gasteiger partial charge in [-0.15, -0.1) is 0 Å². The molecule has 2 aromatic carbocycles. The van der Waals surface area contributed by atoms with Crippen LogP contribution in [0, 0.1) is 10.8 Å². The minimum atomic E-state index is -1.11. The molecule has 0 spiro atoms. The fourth-order valence-electron chi connectivity index (χ4n) is 7.98. The molecule has 8 rings (SSSR count). The Morgan fingerprint density at radius 1 is 0.841 bits per heavy atom. The van der Waals surface area contributed by atoms with E-state index in [1.165, 1.54) is 11.1 Å². The molecule has 0 aliphatic heterocycles. The Morgan fingerprint density at radius 2 is 1.43 bits per heavy atom. The van der Waals surface area contributed by atoms with Gasteiger partial charge in [0.1, 0.15) is 6.73 Å². The number of H-pyrrole nitrogens is 1. The van der Waals surface area contributed by atoms with Crippen LogP contribution in [0.4, 0.5) is 11.4 Å². The number of aromatic carboxylic acids is 1. The van der Waals surface area contributed by atoms with E-state index in [0.29, 0.717) is 35.8 Å². The molecule has 6 aromatic rings. The minimum absolute atomic E-state index is 0.174. The first kappa shape index (κ1) is 46.7. The van der Waals surface area contributed by atoms with E-state index in [1.54, 1.807) is 17.1 Å². The predicted octanol–water partition coefficient (Wildman–Crippen LogP) is 9.12. The highest BCUT2D eigenvalue weighted by molar-refractivity contribution is 6.76. The van der Waals surface area contributed by atoms with Crippen molar-refractivity contribution in [1.82, 2.24) is 39.5 Å². The van der Waals surface area contributed by atoms with Crippen LogP contribution in [0.2, 0.25) is 25.7 Å². The molecule has 0 saturated carbocycles. The summed E-state index contributed by atoms with van der Waals surface area (Å²) in [7, 11) is -1.11. The molecule has 4 aromatic heterocycles. The predicted molar refractivity (Wildman–Crippen MR) is 251 cm³/mol. The van der Waals surface area contributed by atoms with Crippen molar-refractivity contribution < 1.29 is 19.4 Å². The second kappa shape index (κ2) is 20.6. The fraction of sp³-hybridized carbons (Fsp3) is 0.458. The number of fused-ring (bicyclic) bond motifs is 2. The number of carbonyl (C=O) groups excluding carboxylic acids is 1. The largest absolute Gasteiger partial charge is 0.476 e. The quantitative estimate of drug-likeness (QED) is 0.0612. The average Bonchev–Trinajstić information content (AvgIpc) is 4.07. The Balaban J connectivity index is 0.000000166. The van der Waals surface area contributed by atoms with Crippen molar-refractivity contribution in [3.63, 3.8) is 0 Å². The molecule has 4 heterocycles. The molecule has 0 saturated heterocycles. The van der Waals surface area contributed by atoms with E-state index >= 15 is 0 Å². The summed E-state index contributed by atoms with van der Waals surface area (Å²) < 4.78 is 11.2. The van der Waals surface area contributed by atoms with Gasteiger partial charge in [0.15, 0.2) is 11.4 Å². The Labute approximate surface area is 372 Å². The van der Waals surface area contributed by atoms with Crippen LogP contribution >= 0.6 is 0 Å². The number of hydrogen-bond acceptors (Lipinski definition) is 8. The number of benzene rings is 2. The molecule has 5 N–H and O–H groups in total. The summed E-state index contributed by atoms with van der Waals surface area (Å²) in [5.74, 6) is -1.10. The number of anilines is 2. The standard InChI is InChI=1S/C21H25N5O.C17H30N2O3Si.C10H11N3/c1-3-21(2)10-9-17-18(11-21)24-25-19(17)20(27)23-16-12-22-26(14-16)13-15-7-5-4-6-8-15;1-6-17(2)8-7-13-14(11-17)19(18-15(13)16(20)21)12-22-9-10-23(3,4)5;11-10-6-12-13(8-10)7-9-4-2-1-3-5-9/h4-8,12,14H,3,9-11,13H2,1-2H3,(H,23,27)(H,24,25);6-12H2,1-5H3,(H,20,21);1-6,8H,7,11H2. The number of amides is 1. The second-order valence-electron chi connectivity index (χ2n) is 19.0. The Kier molecular flexibility index (Phi) is 15.3. The van der Waals surface area contributed by atoms with Crippen LogP contribution < -0.4 is 11.1 Å². The lowest BCUT2D eigenvalue weighted by Gasteiger charge is -2.33. The highest BCUT2D eigenvalue weighted by Crippen LogP contribution is 2.40. The van der Waals surface area contributed by atoms with Crippen molar-refractivity contribution in [2.75, 3.05) is 17.7 Å². The lowest BCUT2D eigenvalue weighted by atomic mass is 9.73. The number of aromatic amines is 1. The smallest absolute Gasteiger partial charge is 0.356 e. The SMILES string of the molecule is CCC1(C)CCc2c(C(=O)Nc3cnn(Cc4ccccc4)c3)n[nH]c2C1.CCC1(C)CCc2c(C(=O)O)nn(COCC[Si](C)(C)C)c2C1.Nc1cnn(Cc2ccccc2)c1. The van der Waals surface area contributed by atoms with Crippen LogP contribution in [0.25, 0.3) is 0 Å². The van der Waals surface area contributed by atoms with Gasteiger partial charge in [0.05, 0.1) is 36.9 Å². The molecule has 2 atom stereocenters. The highest BCUT2D eigenvalue weighted by Gasteiger charge is 2.35. The number of nitrogens with zero attached hydrogens (tertiary/aromatic N) is 7. The van der Waals surface area contributed by atoms with Gasteiger partial charge in [-0.1, -0.05) is 121 Å². The molecule has 0 bridgehead atoms. The average molecular weight is 875 g/mol. The summed E-state index contributed by atoms with van der Waals surface area (Å²) in [4.78, 5) is 24.2. The topological polar surface area (TPSA) is 184 Å². The third-order valence-electron chi connectivity index (χ3n) is 12.5. The normalized spacial score (nSPS) is 18.0. The molecule has 15 heteroatoms. The number of carboxylic acid groups (broad SMARTS) is 1. The summed E-state index contributed by atoms with van der Waals surface area (Å²) in [6.45, 7) is 18.5. The van der Waals surface area contributed by atoms with Crippen molar-refractivity contribution in [3.05, 3.63) is 130 Å². The lowest BCUT2D eigenvalue weighted by molar-refractivity contribution is 0.0666. The summed E-state index contributed by atoms with van der Waals surface area (Å²) in [5, 5.41) is 32.5. The van der Waals surface area contributed by atoms with Gasteiger partial charge in [0.25, 0.3) is 5.91 Å². The number of ether oxygens (including phenoxy) is 1. The zero-order chi connectivity index (χ0) is 45.2. The maximum atomic E-state index is 12.7. The van der Waals surface area contributed by atoms with Gasteiger partial charge in [-0.25, -0.2) is 9.48 Å². The number of nitrogens with one attached hydrogen (secondary N) is 2. The maximum Gasteiger partial charge on any atom is 0.356 e. The van der Waals surface area contributed by atoms with Gasteiger partial charge in [0, 0.05) is 49.6 Å². The molecule has 336 valence electrons. The first-order valence-corrected chi connectivity index (χ1v) is 25.9.